The van der Waals surface area contributed by atoms with E-state index in [-0.39, 0.29) is 5.41 Å². The second-order valence-corrected chi connectivity index (χ2v) is 4.95. The maximum atomic E-state index is 9.67. The Morgan fingerprint density at radius 2 is 1.93 bits per heavy atom. The highest BCUT2D eigenvalue weighted by Crippen LogP contribution is 2.39. The first kappa shape index (κ1) is 9.32. The van der Waals surface area contributed by atoms with Crippen LogP contribution >= 0.6 is 0 Å². The second kappa shape index (κ2) is 2.88. The van der Waals surface area contributed by atoms with Gasteiger partial charge in [0.05, 0.1) is 0 Å². The third-order valence-electron chi connectivity index (χ3n) is 2.84. The molecule has 0 aromatic heterocycles. The molecule has 1 aliphatic rings. The predicted octanol–water partition coefficient (Wildman–Crippen LogP) is 3.38. The van der Waals surface area contributed by atoms with Gasteiger partial charge in [-0.3, -0.25) is 0 Å². The highest BCUT2D eigenvalue weighted by Gasteiger charge is 2.23. The number of aromatic hydroxyl groups is 1. The number of hydrogen-bond donors (Lipinski definition) is 1. The van der Waals surface area contributed by atoms with Crippen molar-refractivity contribution >= 4 is 6.08 Å². The summed E-state index contributed by atoms with van der Waals surface area (Å²) in [5, 5.41) is 9.67. The minimum atomic E-state index is 0.200. The van der Waals surface area contributed by atoms with E-state index < -0.39 is 0 Å². The van der Waals surface area contributed by atoms with Crippen LogP contribution in [0, 0.1) is 5.41 Å². The lowest BCUT2D eigenvalue weighted by atomic mass is 9.85. The summed E-state index contributed by atoms with van der Waals surface area (Å²) in [6, 6.07) is 5.75. The molecule has 0 radical (unpaired) electrons. The Kier molecular flexibility index (Phi) is 1.91. The summed E-state index contributed by atoms with van der Waals surface area (Å²) in [7, 11) is 0. The minimum Gasteiger partial charge on any atom is -0.507 e. The van der Waals surface area contributed by atoms with Gasteiger partial charge in [-0.1, -0.05) is 44.6 Å². The van der Waals surface area contributed by atoms with E-state index in [0.29, 0.717) is 5.75 Å². The number of fused-ring (bicyclic) bond motifs is 1. The third-order valence-corrected chi connectivity index (χ3v) is 2.84. The van der Waals surface area contributed by atoms with Crippen molar-refractivity contribution in [1.29, 1.82) is 0 Å². The van der Waals surface area contributed by atoms with E-state index in [1.54, 1.807) is 6.07 Å². The van der Waals surface area contributed by atoms with Crippen molar-refractivity contribution in [2.45, 2.75) is 27.2 Å². The Morgan fingerprint density at radius 3 is 2.50 bits per heavy atom. The van der Waals surface area contributed by atoms with E-state index in [1.165, 1.54) is 11.1 Å². The maximum Gasteiger partial charge on any atom is 0.123 e. The van der Waals surface area contributed by atoms with Crippen LogP contribution in [0.3, 0.4) is 0 Å². The van der Waals surface area contributed by atoms with Crippen molar-refractivity contribution in [3.05, 3.63) is 34.9 Å². The molecule has 0 bridgehead atoms. The highest BCUT2D eigenvalue weighted by molar-refractivity contribution is 5.69. The minimum absolute atomic E-state index is 0.200. The average Bonchev–Trinajstić information content (AvgIpc) is 2.48. The number of phenols is 1. The molecule has 1 aromatic rings. The molecule has 1 nitrogen and oxygen atoms in total. The largest absolute Gasteiger partial charge is 0.507 e. The molecule has 0 amide bonds. The van der Waals surface area contributed by atoms with Crippen LogP contribution < -0.4 is 0 Å². The van der Waals surface area contributed by atoms with Crippen LogP contribution in [0.25, 0.3) is 6.08 Å². The first-order valence-corrected chi connectivity index (χ1v) is 5.00. The summed E-state index contributed by atoms with van der Waals surface area (Å²) < 4.78 is 0. The molecule has 2 rings (SSSR count). The van der Waals surface area contributed by atoms with Crippen molar-refractivity contribution in [3.63, 3.8) is 0 Å². The third kappa shape index (κ3) is 1.43. The van der Waals surface area contributed by atoms with Gasteiger partial charge >= 0.3 is 0 Å². The summed E-state index contributed by atoms with van der Waals surface area (Å²) in [5.41, 5.74) is 3.85. The molecule has 0 unspecified atom stereocenters. The molecular weight excluding hydrogens is 172 g/mol. The van der Waals surface area contributed by atoms with Crippen molar-refractivity contribution in [2.75, 3.05) is 0 Å². The molecule has 74 valence electrons. The zero-order chi connectivity index (χ0) is 10.3. The summed E-state index contributed by atoms with van der Waals surface area (Å²) >= 11 is 0. The molecule has 0 saturated heterocycles. The summed E-state index contributed by atoms with van der Waals surface area (Å²) in [6.07, 6.45) is 3.11. The molecule has 0 saturated carbocycles. The van der Waals surface area contributed by atoms with Crippen LogP contribution in [0.2, 0.25) is 0 Å². The summed E-state index contributed by atoms with van der Waals surface area (Å²) in [4.78, 5) is 0. The number of phenolic OH excluding ortho intramolecular Hbond substituents is 1. The standard InChI is InChI=1S/C13H16O/c1-13(2,3)10-7-9-5-4-6-12(14)11(9)8-10/h4-6,8,14H,7H2,1-3H3. The quantitative estimate of drug-likeness (QED) is 0.661. The van der Waals surface area contributed by atoms with Crippen LogP contribution in [0.4, 0.5) is 0 Å². The van der Waals surface area contributed by atoms with Crippen LogP contribution in [-0.2, 0) is 6.42 Å². The van der Waals surface area contributed by atoms with Gasteiger partial charge < -0.3 is 5.11 Å². The van der Waals surface area contributed by atoms with Gasteiger partial charge in [-0.05, 0) is 23.5 Å². The van der Waals surface area contributed by atoms with E-state index >= 15 is 0 Å². The lowest BCUT2D eigenvalue weighted by molar-refractivity contribution is 0.473. The molecule has 1 aliphatic carbocycles. The van der Waals surface area contributed by atoms with Crippen LogP contribution in [0.5, 0.6) is 5.75 Å². The molecule has 1 N–H and O–H groups in total. The summed E-state index contributed by atoms with van der Waals surface area (Å²) in [6.45, 7) is 6.63. The lowest BCUT2D eigenvalue weighted by Gasteiger charge is -2.19. The topological polar surface area (TPSA) is 20.2 Å². The molecule has 0 aliphatic heterocycles. The Hall–Kier alpha value is -1.24. The van der Waals surface area contributed by atoms with Crippen LogP contribution in [-0.4, -0.2) is 5.11 Å². The Labute approximate surface area is 85.1 Å². The lowest BCUT2D eigenvalue weighted by Crippen LogP contribution is -2.08. The molecule has 0 heterocycles. The first-order valence-electron chi connectivity index (χ1n) is 5.00. The fourth-order valence-electron chi connectivity index (χ4n) is 1.83. The van der Waals surface area contributed by atoms with Gasteiger partial charge in [0.25, 0.3) is 0 Å². The van der Waals surface area contributed by atoms with Gasteiger partial charge in [0, 0.05) is 5.56 Å². The molecule has 14 heavy (non-hydrogen) atoms. The normalized spacial score (nSPS) is 15.2. The van der Waals surface area contributed by atoms with Gasteiger partial charge in [0.1, 0.15) is 5.75 Å². The monoisotopic (exact) mass is 188 g/mol. The molecule has 0 atom stereocenters. The molecule has 1 aromatic carbocycles. The van der Waals surface area contributed by atoms with E-state index in [9.17, 15) is 5.11 Å². The van der Waals surface area contributed by atoms with Crippen LogP contribution in [0.15, 0.2) is 23.8 Å². The first-order chi connectivity index (χ1) is 6.48. The van der Waals surface area contributed by atoms with Gasteiger partial charge in [0.2, 0.25) is 0 Å². The number of hydrogen-bond acceptors (Lipinski definition) is 1. The van der Waals surface area contributed by atoms with Crippen molar-refractivity contribution in [1.82, 2.24) is 0 Å². The highest BCUT2D eigenvalue weighted by atomic mass is 16.3. The number of rotatable bonds is 0. The molecule has 1 heteroatoms. The fourth-order valence-corrected chi connectivity index (χ4v) is 1.83. The van der Waals surface area contributed by atoms with Gasteiger partial charge in [-0.2, -0.15) is 0 Å². The van der Waals surface area contributed by atoms with Gasteiger partial charge in [-0.25, -0.2) is 0 Å². The Morgan fingerprint density at radius 1 is 1.21 bits per heavy atom. The zero-order valence-corrected chi connectivity index (χ0v) is 8.96. The van der Waals surface area contributed by atoms with Crippen molar-refractivity contribution in [3.8, 4) is 5.75 Å². The van der Waals surface area contributed by atoms with E-state index in [2.05, 4.69) is 32.9 Å². The second-order valence-electron chi connectivity index (χ2n) is 4.95. The van der Waals surface area contributed by atoms with E-state index in [0.717, 1.165) is 12.0 Å². The smallest absolute Gasteiger partial charge is 0.123 e. The Balaban J connectivity index is 2.45. The molecular formula is C13H16O. The number of allylic oxidation sites excluding steroid dienone is 1. The zero-order valence-electron chi connectivity index (χ0n) is 8.96. The summed E-state index contributed by atoms with van der Waals surface area (Å²) in [5.74, 6) is 0.404. The van der Waals surface area contributed by atoms with Crippen molar-refractivity contribution < 1.29 is 5.11 Å². The maximum absolute atomic E-state index is 9.67. The van der Waals surface area contributed by atoms with E-state index in [1.807, 2.05) is 6.07 Å². The molecule has 0 fully saturated rings. The van der Waals surface area contributed by atoms with E-state index in [4.69, 9.17) is 0 Å². The predicted molar refractivity (Wildman–Crippen MR) is 59.2 cm³/mol. The number of benzene rings is 1. The fraction of sp³-hybridized carbons (Fsp3) is 0.385. The SMILES string of the molecule is CC(C)(C)C1=Cc2c(O)cccc2C1. The van der Waals surface area contributed by atoms with Crippen molar-refractivity contribution in [2.24, 2.45) is 5.41 Å². The Bertz CT molecular complexity index is 394. The van der Waals surface area contributed by atoms with Gasteiger partial charge in [0.15, 0.2) is 0 Å². The van der Waals surface area contributed by atoms with Crippen LogP contribution in [0.1, 0.15) is 31.9 Å². The molecule has 0 spiro atoms. The average molecular weight is 188 g/mol. The van der Waals surface area contributed by atoms with Gasteiger partial charge in [-0.15, -0.1) is 0 Å².